The van der Waals surface area contributed by atoms with E-state index in [9.17, 15) is 8.42 Å². The molecule has 0 saturated heterocycles. The summed E-state index contributed by atoms with van der Waals surface area (Å²) in [6, 6.07) is 6.35. The molecule has 0 radical (unpaired) electrons. The standard InChI is InChI=1S/C14H15N3O3S/c15-11-8-10-2-1-7-20-14(10)13(9-11)21(18,19)17-12-3-5-16-6-4-12/h3-6,8-9H,1-2,7,15H2,(H,16,17). The fourth-order valence-corrected chi connectivity index (χ4v) is 3.58. The number of ether oxygens (including phenoxy) is 1. The molecule has 21 heavy (non-hydrogen) atoms. The van der Waals surface area contributed by atoms with Crippen LogP contribution in [0.3, 0.4) is 0 Å². The molecule has 7 heteroatoms. The monoisotopic (exact) mass is 305 g/mol. The number of aromatic nitrogens is 1. The molecule has 2 aromatic rings. The fraction of sp³-hybridized carbons (Fsp3) is 0.214. The second-order valence-corrected chi connectivity index (χ2v) is 6.45. The summed E-state index contributed by atoms with van der Waals surface area (Å²) in [7, 11) is -3.76. The molecule has 2 heterocycles. The van der Waals surface area contributed by atoms with E-state index in [1.165, 1.54) is 18.5 Å². The number of rotatable bonds is 3. The Labute approximate surface area is 123 Å². The van der Waals surface area contributed by atoms with Crippen LogP contribution >= 0.6 is 0 Å². The molecule has 0 aliphatic carbocycles. The molecule has 0 bridgehead atoms. The second-order valence-electron chi connectivity index (χ2n) is 4.80. The van der Waals surface area contributed by atoms with Crippen LogP contribution in [0.15, 0.2) is 41.6 Å². The number of benzene rings is 1. The zero-order valence-electron chi connectivity index (χ0n) is 11.2. The second kappa shape index (κ2) is 5.25. The van der Waals surface area contributed by atoms with E-state index in [2.05, 4.69) is 9.71 Å². The molecule has 0 unspecified atom stereocenters. The lowest BCUT2D eigenvalue weighted by atomic mass is 10.1. The molecule has 6 nitrogen and oxygen atoms in total. The molecule has 0 saturated carbocycles. The van der Waals surface area contributed by atoms with Gasteiger partial charge >= 0.3 is 0 Å². The number of aryl methyl sites for hydroxylation is 1. The minimum absolute atomic E-state index is 0.0778. The summed E-state index contributed by atoms with van der Waals surface area (Å²) in [6.07, 6.45) is 4.65. The van der Waals surface area contributed by atoms with Gasteiger partial charge in [-0.1, -0.05) is 0 Å². The minimum Gasteiger partial charge on any atom is -0.492 e. The highest BCUT2D eigenvalue weighted by molar-refractivity contribution is 7.92. The highest BCUT2D eigenvalue weighted by Crippen LogP contribution is 2.35. The van der Waals surface area contributed by atoms with Crippen molar-refractivity contribution in [2.75, 3.05) is 17.1 Å². The van der Waals surface area contributed by atoms with E-state index >= 15 is 0 Å². The van der Waals surface area contributed by atoms with Crippen molar-refractivity contribution < 1.29 is 13.2 Å². The van der Waals surface area contributed by atoms with Gasteiger partial charge in [0.25, 0.3) is 10.0 Å². The van der Waals surface area contributed by atoms with Gasteiger partial charge in [-0.2, -0.15) is 0 Å². The van der Waals surface area contributed by atoms with Crippen LogP contribution in [0, 0.1) is 0 Å². The molecule has 1 aliphatic rings. The third-order valence-electron chi connectivity index (χ3n) is 3.21. The molecule has 110 valence electrons. The summed E-state index contributed by atoms with van der Waals surface area (Å²) in [5, 5.41) is 0. The Bertz CT molecular complexity index is 761. The number of fused-ring (bicyclic) bond motifs is 1. The van der Waals surface area contributed by atoms with Crippen LogP contribution in [0.1, 0.15) is 12.0 Å². The molecule has 1 aliphatic heterocycles. The number of hydrogen-bond acceptors (Lipinski definition) is 5. The van der Waals surface area contributed by atoms with Gasteiger partial charge in [-0.3, -0.25) is 9.71 Å². The highest BCUT2D eigenvalue weighted by Gasteiger charge is 2.25. The van der Waals surface area contributed by atoms with Crippen molar-refractivity contribution in [1.29, 1.82) is 0 Å². The largest absolute Gasteiger partial charge is 0.492 e. The lowest BCUT2D eigenvalue weighted by molar-refractivity contribution is 0.280. The first kappa shape index (κ1) is 13.7. The minimum atomic E-state index is -3.76. The van der Waals surface area contributed by atoms with Crippen molar-refractivity contribution in [3.8, 4) is 5.75 Å². The van der Waals surface area contributed by atoms with Crippen molar-refractivity contribution in [3.05, 3.63) is 42.2 Å². The van der Waals surface area contributed by atoms with Crippen molar-refractivity contribution in [1.82, 2.24) is 4.98 Å². The normalized spacial score (nSPS) is 14.1. The molecule has 0 amide bonds. The summed E-state index contributed by atoms with van der Waals surface area (Å²) in [5.74, 6) is 0.400. The first-order valence-electron chi connectivity index (χ1n) is 6.54. The summed E-state index contributed by atoms with van der Waals surface area (Å²) < 4.78 is 33.2. The Hall–Kier alpha value is -2.28. The molecule has 3 N–H and O–H groups in total. The van der Waals surface area contributed by atoms with Crippen molar-refractivity contribution in [3.63, 3.8) is 0 Å². The van der Waals surface area contributed by atoms with Gasteiger partial charge < -0.3 is 10.5 Å². The van der Waals surface area contributed by atoms with E-state index < -0.39 is 10.0 Å². The lowest BCUT2D eigenvalue weighted by Gasteiger charge is -2.21. The number of sulfonamides is 1. The van der Waals surface area contributed by atoms with Gasteiger partial charge in [-0.05, 0) is 42.7 Å². The number of nitrogens with two attached hydrogens (primary N) is 1. The van der Waals surface area contributed by atoms with E-state index in [1.54, 1.807) is 18.2 Å². The summed E-state index contributed by atoms with van der Waals surface area (Å²) in [6.45, 7) is 0.509. The number of anilines is 2. The van der Waals surface area contributed by atoms with Crippen molar-refractivity contribution >= 4 is 21.4 Å². The zero-order valence-corrected chi connectivity index (χ0v) is 12.1. The van der Waals surface area contributed by atoms with Gasteiger partial charge in [0.2, 0.25) is 0 Å². The molecule has 0 atom stereocenters. The van der Waals surface area contributed by atoms with Crippen molar-refractivity contribution in [2.24, 2.45) is 0 Å². The smallest absolute Gasteiger partial charge is 0.265 e. The quantitative estimate of drug-likeness (QED) is 0.843. The van der Waals surface area contributed by atoms with Crippen LogP contribution in [0.5, 0.6) is 5.75 Å². The van der Waals surface area contributed by atoms with Gasteiger partial charge in [-0.25, -0.2) is 8.42 Å². The number of hydrogen-bond donors (Lipinski definition) is 2. The molecular weight excluding hydrogens is 290 g/mol. The maximum atomic E-state index is 12.6. The van der Waals surface area contributed by atoms with Crippen LogP contribution in [0.2, 0.25) is 0 Å². The Morgan fingerprint density at radius 1 is 1.24 bits per heavy atom. The Morgan fingerprint density at radius 2 is 2.00 bits per heavy atom. The molecular formula is C14H15N3O3S. The van der Waals surface area contributed by atoms with Gasteiger partial charge in [0.15, 0.2) is 0 Å². The molecule has 0 fully saturated rings. The maximum Gasteiger partial charge on any atom is 0.265 e. The molecule has 3 rings (SSSR count). The van der Waals surface area contributed by atoms with Gasteiger partial charge in [0.05, 0.1) is 12.3 Å². The average molecular weight is 305 g/mol. The Morgan fingerprint density at radius 3 is 2.76 bits per heavy atom. The Balaban J connectivity index is 2.05. The first-order valence-corrected chi connectivity index (χ1v) is 8.02. The first-order chi connectivity index (χ1) is 10.1. The van der Waals surface area contributed by atoms with Crippen LogP contribution in [-0.2, 0) is 16.4 Å². The summed E-state index contributed by atoms with van der Waals surface area (Å²) in [5.41, 5.74) is 7.50. The SMILES string of the molecule is Nc1cc2c(c(S(=O)(=O)Nc3ccncc3)c1)OCCC2. The predicted octanol–water partition coefficient (Wildman–Crippen LogP) is 1.79. The average Bonchev–Trinajstić information content (AvgIpc) is 2.47. The highest BCUT2D eigenvalue weighted by atomic mass is 32.2. The van der Waals surface area contributed by atoms with Gasteiger partial charge in [0, 0.05) is 18.1 Å². The number of nitrogens with zero attached hydrogens (tertiary/aromatic N) is 1. The third-order valence-corrected chi connectivity index (χ3v) is 4.60. The van der Waals surface area contributed by atoms with E-state index in [4.69, 9.17) is 10.5 Å². The Kier molecular flexibility index (Phi) is 3.42. The topological polar surface area (TPSA) is 94.3 Å². The van der Waals surface area contributed by atoms with Crippen LogP contribution in [-0.4, -0.2) is 20.0 Å². The fourth-order valence-electron chi connectivity index (χ4n) is 2.30. The zero-order chi connectivity index (χ0) is 14.9. The number of nitrogens with one attached hydrogen (secondary N) is 1. The van der Waals surface area contributed by atoms with E-state index in [-0.39, 0.29) is 4.90 Å². The number of nitrogen functional groups attached to an aromatic ring is 1. The third kappa shape index (κ3) is 2.78. The van der Waals surface area contributed by atoms with E-state index in [0.717, 1.165) is 18.4 Å². The predicted molar refractivity (Wildman–Crippen MR) is 79.7 cm³/mol. The number of pyridine rings is 1. The van der Waals surface area contributed by atoms with Crippen LogP contribution in [0.25, 0.3) is 0 Å². The van der Waals surface area contributed by atoms with Crippen LogP contribution < -0.4 is 15.2 Å². The lowest BCUT2D eigenvalue weighted by Crippen LogP contribution is -2.18. The summed E-state index contributed by atoms with van der Waals surface area (Å²) >= 11 is 0. The van der Waals surface area contributed by atoms with E-state index in [1.807, 2.05) is 0 Å². The van der Waals surface area contributed by atoms with Crippen LogP contribution in [0.4, 0.5) is 11.4 Å². The molecule has 1 aromatic carbocycles. The summed E-state index contributed by atoms with van der Waals surface area (Å²) in [4.78, 5) is 3.93. The molecule has 0 spiro atoms. The van der Waals surface area contributed by atoms with Crippen molar-refractivity contribution in [2.45, 2.75) is 17.7 Å². The maximum absolute atomic E-state index is 12.6. The molecule has 1 aromatic heterocycles. The van der Waals surface area contributed by atoms with Gasteiger partial charge in [0.1, 0.15) is 10.6 Å². The van der Waals surface area contributed by atoms with E-state index in [0.29, 0.717) is 23.7 Å². The van der Waals surface area contributed by atoms with Gasteiger partial charge in [-0.15, -0.1) is 0 Å².